The van der Waals surface area contributed by atoms with Gasteiger partial charge in [-0.25, -0.2) is 19.3 Å². The molecule has 0 unspecified atom stereocenters. The quantitative estimate of drug-likeness (QED) is 0.250. The Balaban J connectivity index is 1.28. The van der Waals surface area contributed by atoms with Gasteiger partial charge in [0, 0.05) is 25.1 Å². The van der Waals surface area contributed by atoms with Gasteiger partial charge < -0.3 is 30.1 Å². The van der Waals surface area contributed by atoms with Gasteiger partial charge in [0.2, 0.25) is 11.8 Å². The Morgan fingerprint density at radius 2 is 1.93 bits per heavy atom. The zero-order valence-electron chi connectivity index (χ0n) is 27.2. The van der Waals surface area contributed by atoms with Gasteiger partial charge in [-0.05, 0) is 36.8 Å². The molecule has 46 heavy (non-hydrogen) atoms. The number of hydrogen-bond donors (Lipinski definition) is 3. The smallest absolute Gasteiger partial charge is 0.258 e. The first-order valence-electron chi connectivity index (χ1n) is 15.6. The van der Waals surface area contributed by atoms with Crippen LogP contribution in [0.5, 0.6) is 11.5 Å². The summed E-state index contributed by atoms with van der Waals surface area (Å²) in [6.07, 6.45) is 1.99. The van der Waals surface area contributed by atoms with E-state index in [-0.39, 0.29) is 51.9 Å². The molecule has 12 nitrogen and oxygen atoms in total. The number of nitrogens with one attached hydrogen (secondary N) is 2. The largest absolute Gasteiger partial charge is 0.490 e. The average molecular weight is 656 g/mol. The maximum absolute atomic E-state index is 14.5. The van der Waals surface area contributed by atoms with Crippen molar-refractivity contribution >= 4 is 29.1 Å². The van der Waals surface area contributed by atoms with Crippen molar-refractivity contribution in [1.29, 1.82) is 0 Å². The fourth-order valence-electron chi connectivity index (χ4n) is 5.21. The first-order valence-corrected chi connectivity index (χ1v) is 16.0. The molecule has 0 spiro atoms. The van der Waals surface area contributed by atoms with Crippen LogP contribution < -0.4 is 20.1 Å². The Morgan fingerprint density at radius 1 is 1.22 bits per heavy atom. The summed E-state index contributed by atoms with van der Waals surface area (Å²) in [7, 11) is 0. The van der Waals surface area contributed by atoms with Gasteiger partial charge in [-0.1, -0.05) is 32.9 Å². The van der Waals surface area contributed by atoms with Crippen molar-refractivity contribution in [1.82, 2.24) is 30.5 Å². The van der Waals surface area contributed by atoms with Crippen LogP contribution >= 0.6 is 11.3 Å². The van der Waals surface area contributed by atoms with Crippen LogP contribution in [-0.2, 0) is 20.9 Å². The molecule has 3 amide bonds. The van der Waals surface area contributed by atoms with Gasteiger partial charge in [-0.3, -0.25) is 14.4 Å². The molecule has 2 fully saturated rings. The van der Waals surface area contributed by atoms with Crippen molar-refractivity contribution in [2.24, 2.45) is 5.41 Å². The van der Waals surface area contributed by atoms with Crippen LogP contribution in [0.15, 0.2) is 42.4 Å². The summed E-state index contributed by atoms with van der Waals surface area (Å²) >= 11 is 1.50. The minimum Gasteiger partial charge on any atom is -0.490 e. The van der Waals surface area contributed by atoms with Gasteiger partial charge >= 0.3 is 0 Å². The third kappa shape index (κ3) is 7.79. The number of alkyl halides is 1. The molecular weight excluding hydrogens is 615 g/mol. The first-order chi connectivity index (χ1) is 22.2. The Labute approximate surface area is 272 Å². The fraction of sp³-hybridized carbons (Fsp3) is 0.500. The number of benzene rings is 1. The number of carbonyl (C=O) groups excluding carboxylic acids is 3. The average Bonchev–Trinajstić information content (AvgIpc) is 3.43. The summed E-state index contributed by atoms with van der Waals surface area (Å²) in [5, 5.41) is 15.9. The van der Waals surface area contributed by atoms with Gasteiger partial charge in [0.25, 0.3) is 5.91 Å². The lowest BCUT2D eigenvalue weighted by molar-refractivity contribution is -0.145. The van der Waals surface area contributed by atoms with E-state index in [4.69, 9.17) is 10.8 Å². The lowest BCUT2D eigenvalue weighted by Crippen LogP contribution is -2.59. The van der Waals surface area contributed by atoms with Crippen molar-refractivity contribution in [3.63, 3.8) is 0 Å². The Hall–Kier alpha value is -4.17. The molecular formula is C32H39FN6O6S. The highest BCUT2D eigenvalue weighted by atomic mass is 32.1. The number of thiazole rings is 1. The number of rotatable bonds is 12. The van der Waals surface area contributed by atoms with Crippen LogP contribution in [0.25, 0.3) is 10.4 Å². The summed E-state index contributed by atoms with van der Waals surface area (Å²) < 4.78 is 33.6. The van der Waals surface area contributed by atoms with Crippen molar-refractivity contribution in [2.75, 3.05) is 19.8 Å². The number of halogens is 1. The minimum atomic E-state index is -1.96. The monoisotopic (exact) mass is 655 g/mol. The van der Waals surface area contributed by atoms with E-state index in [1.54, 1.807) is 26.3 Å². The maximum Gasteiger partial charge on any atom is 0.258 e. The van der Waals surface area contributed by atoms with Crippen molar-refractivity contribution in [2.45, 2.75) is 77.4 Å². The summed E-state index contributed by atoms with van der Waals surface area (Å²) in [5.41, 5.74) is 1.45. The maximum atomic E-state index is 14.5. The second kappa shape index (κ2) is 13.7. The number of aryl methyl sites for hydroxylation is 1. The van der Waals surface area contributed by atoms with E-state index in [1.165, 1.54) is 28.6 Å². The van der Waals surface area contributed by atoms with E-state index in [1.807, 2.05) is 25.1 Å². The number of aromatic nitrogens is 3. The van der Waals surface area contributed by atoms with Crippen LogP contribution in [0.1, 0.15) is 52.7 Å². The number of nitrogens with zero attached hydrogens (tertiary/aromatic N) is 4. The predicted octanol–water partition coefficient (Wildman–Crippen LogP) is 2.98. The van der Waals surface area contributed by atoms with Gasteiger partial charge in [-0.2, -0.15) is 0 Å². The van der Waals surface area contributed by atoms with Crippen LogP contribution in [0, 0.1) is 12.3 Å². The number of aliphatic hydroxyl groups is 1. The molecule has 2 aromatic heterocycles. The Morgan fingerprint density at radius 3 is 2.59 bits per heavy atom. The molecule has 1 aliphatic heterocycles. The topological polar surface area (TPSA) is 156 Å². The molecule has 2 aliphatic rings. The van der Waals surface area contributed by atoms with E-state index in [0.29, 0.717) is 17.1 Å². The molecule has 246 valence electrons. The second-order valence-corrected chi connectivity index (χ2v) is 13.5. The summed E-state index contributed by atoms with van der Waals surface area (Å²) in [6, 6.07) is 3.53. The van der Waals surface area contributed by atoms with Crippen LogP contribution in [0.4, 0.5) is 4.39 Å². The molecule has 3 N–H and O–H groups in total. The molecule has 1 aromatic carbocycles. The number of likely N-dealkylation sites (tertiary alicyclic amines) is 1. The molecule has 0 bridgehead atoms. The van der Waals surface area contributed by atoms with Crippen LogP contribution in [0.3, 0.4) is 0 Å². The van der Waals surface area contributed by atoms with E-state index in [2.05, 4.69) is 25.6 Å². The Bertz CT molecular complexity index is 1610. The van der Waals surface area contributed by atoms with E-state index in [9.17, 15) is 23.9 Å². The van der Waals surface area contributed by atoms with Gasteiger partial charge in [0.1, 0.15) is 38.7 Å². The second-order valence-electron chi connectivity index (χ2n) is 12.7. The van der Waals surface area contributed by atoms with Gasteiger partial charge in [0.05, 0.1) is 34.6 Å². The van der Waals surface area contributed by atoms with Crippen molar-refractivity contribution < 1.29 is 34.7 Å². The normalized spacial score (nSPS) is 19.6. The first kappa shape index (κ1) is 31.8. The summed E-state index contributed by atoms with van der Waals surface area (Å²) in [4.78, 5) is 54.0. The standard InChI is InChI=1S/C32H39FN6O6S/c1-19-26(46-18-37-19)20-5-6-21(25(11-20)45-10-9-44-23-14-34-17-35-15-23)13-36-28(41)24-12-22(40)16-39(24)29(42)27(31(2,3)4)38-30(43)32(33)7-8-32/h5-6,11,14-15,17-18,22,24,27,40H,7-10,12-13,16H2,1-4H3,(H,36,41)(H,38,43)/t22-,24+,27-/m1/s1/i17D. The van der Waals surface area contributed by atoms with E-state index >= 15 is 0 Å². The summed E-state index contributed by atoms with van der Waals surface area (Å²) in [5.74, 6) is -0.961. The molecule has 3 aromatic rings. The number of β-amino-alcohol motifs (C(OH)–C–C–N with tert-alkyl or cyclic N) is 1. The van der Waals surface area contributed by atoms with Crippen molar-refractivity contribution in [3.05, 3.63) is 53.7 Å². The van der Waals surface area contributed by atoms with Gasteiger partial charge in [0.15, 0.2) is 11.4 Å². The molecule has 14 heteroatoms. The highest BCUT2D eigenvalue weighted by molar-refractivity contribution is 7.13. The Kier molecular flexibility index (Phi) is 9.45. The molecule has 3 heterocycles. The molecule has 5 rings (SSSR count). The number of hydrogen-bond acceptors (Lipinski definition) is 10. The summed E-state index contributed by atoms with van der Waals surface area (Å²) in [6.45, 7) is 7.47. The molecule has 1 saturated carbocycles. The third-order valence-electron chi connectivity index (χ3n) is 7.99. The zero-order valence-corrected chi connectivity index (χ0v) is 27.0. The lowest BCUT2D eigenvalue weighted by atomic mass is 9.85. The minimum absolute atomic E-state index is 0.0185. The zero-order chi connectivity index (χ0) is 33.9. The lowest BCUT2D eigenvalue weighted by Gasteiger charge is -2.35. The number of aliphatic hydroxyl groups excluding tert-OH is 1. The SMILES string of the molecule is [2H]c1ncc(OCCOc2cc(-c3scnc3C)ccc2CNC(=O)[C@@H]2C[C@@H](O)CN2C(=O)[C@@H](NC(=O)C2(F)CC2)C(C)(C)C)cn1. The van der Waals surface area contributed by atoms with Crippen LogP contribution in [0.2, 0.25) is 0 Å². The molecule has 1 aliphatic carbocycles. The van der Waals surface area contributed by atoms with Crippen molar-refractivity contribution in [3.8, 4) is 21.9 Å². The number of ether oxygens (including phenoxy) is 2. The molecule has 1 saturated heterocycles. The molecule has 0 radical (unpaired) electrons. The molecule has 3 atom stereocenters. The predicted molar refractivity (Wildman–Crippen MR) is 168 cm³/mol. The van der Waals surface area contributed by atoms with Crippen LogP contribution in [-0.4, -0.2) is 86.3 Å². The van der Waals surface area contributed by atoms with E-state index < -0.39 is 47.0 Å². The third-order valence-corrected chi connectivity index (χ3v) is 8.96. The highest BCUT2D eigenvalue weighted by Crippen LogP contribution is 2.40. The number of carbonyl (C=O) groups is 3. The van der Waals surface area contributed by atoms with E-state index in [0.717, 1.165) is 16.1 Å². The number of amides is 3. The fourth-order valence-corrected chi connectivity index (χ4v) is 6.01. The highest BCUT2D eigenvalue weighted by Gasteiger charge is 2.53. The van der Waals surface area contributed by atoms with Gasteiger partial charge in [-0.15, -0.1) is 11.3 Å².